The van der Waals surface area contributed by atoms with E-state index >= 15 is 0 Å². The van der Waals surface area contributed by atoms with Crippen molar-refractivity contribution in [3.05, 3.63) is 18.2 Å². The molecule has 0 amide bonds. The third-order valence-electron chi connectivity index (χ3n) is 3.00. The third kappa shape index (κ3) is 3.31. The number of anilines is 2. The van der Waals surface area contributed by atoms with Gasteiger partial charge in [-0.15, -0.1) is 0 Å². The zero-order valence-corrected chi connectivity index (χ0v) is 10.3. The number of rotatable bonds is 3. The van der Waals surface area contributed by atoms with Crippen LogP contribution in [0.25, 0.3) is 0 Å². The van der Waals surface area contributed by atoms with Gasteiger partial charge in [0.1, 0.15) is 11.6 Å². The van der Waals surface area contributed by atoms with Gasteiger partial charge in [-0.1, -0.05) is 6.07 Å². The quantitative estimate of drug-likeness (QED) is 0.779. The molecule has 1 fully saturated rings. The standard InChI is InChI=1S/C12H21N5/c1-10(13)9-16-5-7-17(8-6-16)12-4-2-3-11(14)15-12/h2-4,10H,5-9,13H2,1H3,(H2,14,15)/t10-/m0/s1. The number of piperazine rings is 1. The van der Waals surface area contributed by atoms with Crippen molar-refractivity contribution in [1.82, 2.24) is 9.88 Å². The van der Waals surface area contributed by atoms with Crippen LogP contribution < -0.4 is 16.4 Å². The first kappa shape index (κ1) is 12.1. The van der Waals surface area contributed by atoms with Crippen LogP contribution in [-0.4, -0.2) is 48.6 Å². The molecule has 5 nitrogen and oxygen atoms in total. The summed E-state index contributed by atoms with van der Waals surface area (Å²) in [6.07, 6.45) is 0. The topological polar surface area (TPSA) is 71.4 Å². The fraction of sp³-hybridized carbons (Fsp3) is 0.583. The van der Waals surface area contributed by atoms with E-state index < -0.39 is 0 Å². The van der Waals surface area contributed by atoms with Gasteiger partial charge in [-0.3, -0.25) is 4.90 Å². The Balaban J connectivity index is 1.91. The van der Waals surface area contributed by atoms with Gasteiger partial charge < -0.3 is 16.4 Å². The summed E-state index contributed by atoms with van der Waals surface area (Å²) in [5.74, 6) is 1.56. The van der Waals surface area contributed by atoms with Gasteiger partial charge in [0, 0.05) is 38.8 Å². The van der Waals surface area contributed by atoms with Gasteiger partial charge in [0.05, 0.1) is 0 Å². The summed E-state index contributed by atoms with van der Waals surface area (Å²) in [6.45, 7) is 7.08. The number of hydrogen-bond donors (Lipinski definition) is 2. The number of aromatic nitrogens is 1. The number of hydrogen-bond acceptors (Lipinski definition) is 5. The summed E-state index contributed by atoms with van der Waals surface area (Å²) in [6, 6.07) is 6.02. The highest BCUT2D eigenvalue weighted by Crippen LogP contribution is 2.14. The van der Waals surface area contributed by atoms with Crippen LogP contribution in [0, 0.1) is 0 Å². The van der Waals surface area contributed by atoms with E-state index in [2.05, 4.69) is 14.8 Å². The predicted octanol–water partition coefficient (Wildman–Crippen LogP) is 0.133. The molecule has 94 valence electrons. The van der Waals surface area contributed by atoms with Crippen LogP contribution in [0.3, 0.4) is 0 Å². The summed E-state index contributed by atoms with van der Waals surface area (Å²) < 4.78 is 0. The van der Waals surface area contributed by atoms with Crippen molar-refractivity contribution in [2.45, 2.75) is 13.0 Å². The largest absolute Gasteiger partial charge is 0.384 e. The highest BCUT2D eigenvalue weighted by atomic mass is 15.3. The summed E-state index contributed by atoms with van der Waals surface area (Å²) >= 11 is 0. The SMILES string of the molecule is C[C@H](N)CN1CCN(c2cccc(N)n2)CC1. The molecule has 5 heteroatoms. The highest BCUT2D eigenvalue weighted by Gasteiger charge is 2.18. The Morgan fingerprint density at radius 2 is 2.00 bits per heavy atom. The van der Waals surface area contributed by atoms with E-state index in [1.165, 1.54) is 0 Å². The lowest BCUT2D eigenvalue weighted by atomic mass is 10.2. The maximum Gasteiger partial charge on any atom is 0.131 e. The molecule has 2 rings (SSSR count). The Hall–Kier alpha value is -1.33. The molecule has 1 saturated heterocycles. The minimum absolute atomic E-state index is 0.243. The van der Waals surface area contributed by atoms with Crippen molar-refractivity contribution in [2.75, 3.05) is 43.4 Å². The molecular formula is C12H21N5. The lowest BCUT2D eigenvalue weighted by Crippen LogP contribution is -2.49. The van der Waals surface area contributed by atoms with Crippen molar-refractivity contribution in [2.24, 2.45) is 5.73 Å². The molecule has 0 aliphatic carbocycles. The van der Waals surface area contributed by atoms with Crippen LogP contribution in [0.15, 0.2) is 18.2 Å². The van der Waals surface area contributed by atoms with E-state index in [-0.39, 0.29) is 6.04 Å². The van der Waals surface area contributed by atoms with Gasteiger partial charge >= 0.3 is 0 Å². The average molecular weight is 235 g/mol. The van der Waals surface area contributed by atoms with Crippen molar-refractivity contribution in [3.8, 4) is 0 Å². The molecule has 1 aromatic heterocycles. The van der Waals surface area contributed by atoms with Crippen LogP contribution in [0.5, 0.6) is 0 Å². The van der Waals surface area contributed by atoms with E-state index in [0.29, 0.717) is 5.82 Å². The van der Waals surface area contributed by atoms with Gasteiger partial charge in [-0.2, -0.15) is 0 Å². The molecular weight excluding hydrogens is 214 g/mol. The monoisotopic (exact) mass is 235 g/mol. The first-order valence-electron chi connectivity index (χ1n) is 6.10. The fourth-order valence-electron chi connectivity index (χ4n) is 2.18. The molecule has 2 heterocycles. The normalized spacial score (nSPS) is 19.3. The first-order valence-corrected chi connectivity index (χ1v) is 6.10. The molecule has 1 aromatic rings. The molecule has 1 aliphatic rings. The summed E-state index contributed by atoms with van der Waals surface area (Å²) in [5.41, 5.74) is 11.5. The zero-order chi connectivity index (χ0) is 12.3. The molecule has 0 spiro atoms. The fourth-order valence-corrected chi connectivity index (χ4v) is 2.18. The summed E-state index contributed by atoms with van der Waals surface area (Å²) in [7, 11) is 0. The minimum atomic E-state index is 0.243. The van der Waals surface area contributed by atoms with Gasteiger partial charge in [-0.25, -0.2) is 4.98 Å². The van der Waals surface area contributed by atoms with Gasteiger partial charge in [0.25, 0.3) is 0 Å². The van der Waals surface area contributed by atoms with Crippen molar-refractivity contribution < 1.29 is 0 Å². The molecule has 1 aliphatic heterocycles. The highest BCUT2D eigenvalue weighted by molar-refractivity contribution is 5.45. The molecule has 0 radical (unpaired) electrons. The first-order chi connectivity index (χ1) is 8.15. The second-order valence-corrected chi connectivity index (χ2v) is 4.69. The van der Waals surface area contributed by atoms with Crippen molar-refractivity contribution in [1.29, 1.82) is 0 Å². The van der Waals surface area contributed by atoms with Crippen LogP contribution in [-0.2, 0) is 0 Å². The smallest absolute Gasteiger partial charge is 0.131 e. The van der Waals surface area contributed by atoms with Crippen molar-refractivity contribution in [3.63, 3.8) is 0 Å². The predicted molar refractivity (Wildman–Crippen MR) is 71.0 cm³/mol. The van der Waals surface area contributed by atoms with E-state index in [9.17, 15) is 0 Å². The maximum atomic E-state index is 5.80. The Kier molecular flexibility index (Phi) is 3.81. The Morgan fingerprint density at radius 1 is 1.29 bits per heavy atom. The Labute approximate surface area is 102 Å². The number of pyridine rings is 1. The van der Waals surface area contributed by atoms with Gasteiger partial charge in [0.2, 0.25) is 0 Å². The second-order valence-electron chi connectivity index (χ2n) is 4.69. The van der Waals surface area contributed by atoms with Crippen molar-refractivity contribution >= 4 is 11.6 Å². The Bertz CT molecular complexity index is 358. The van der Waals surface area contributed by atoms with Crippen LogP contribution in [0.4, 0.5) is 11.6 Å². The Morgan fingerprint density at radius 3 is 2.59 bits per heavy atom. The third-order valence-corrected chi connectivity index (χ3v) is 3.00. The number of nitrogens with zero attached hydrogens (tertiary/aromatic N) is 3. The molecule has 17 heavy (non-hydrogen) atoms. The molecule has 4 N–H and O–H groups in total. The van der Waals surface area contributed by atoms with E-state index in [0.717, 1.165) is 38.5 Å². The van der Waals surface area contributed by atoms with Crippen LogP contribution in [0.1, 0.15) is 6.92 Å². The maximum absolute atomic E-state index is 5.80. The number of nitrogens with two attached hydrogens (primary N) is 2. The minimum Gasteiger partial charge on any atom is -0.384 e. The van der Waals surface area contributed by atoms with E-state index in [4.69, 9.17) is 11.5 Å². The summed E-state index contributed by atoms with van der Waals surface area (Å²) in [4.78, 5) is 9.01. The second kappa shape index (κ2) is 5.33. The molecule has 0 bridgehead atoms. The van der Waals surface area contributed by atoms with Crippen LogP contribution in [0.2, 0.25) is 0 Å². The average Bonchev–Trinajstić information content (AvgIpc) is 2.29. The molecule has 0 saturated carbocycles. The molecule has 1 atom stereocenters. The van der Waals surface area contributed by atoms with E-state index in [1.54, 1.807) is 0 Å². The van der Waals surface area contributed by atoms with Crippen LogP contribution >= 0.6 is 0 Å². The summed E-state index contributed by atoms with van der Waals surface area (Å²) in [5, 5.41) is 0. The molecule has 0 aromatic carbocycles. The number of nitrogen functional groups attached to an aromatic ring is 1. The molecule has 0 unspecified atom stereocenters. The lowest BCUT2D eigenvalue weighted by molar-refractivity contribution is 0.246. The zero-order valence-electron chi connectivity index (χ0n) is 10.3. The lowest BCUT2D eigenvalue weighted by Gasteiger charge is -2.36. The van der Waals surface area contributed by atoms with E-state index in [1.807, 2.05) is 25.1 Å². The van der Waals surface area contributed by atoms with Gasteiger partial charge in [-0.05, 0) is 19.1 Å². The van der Waals surface area contributed by atoms with Gasteiger partial charge in [0.15, 0.2) is 0 Å².